The van der Waals surface area contributed by atoms with Crippen LogP contribution in [0.2, 0.25) is 0 Å². The number of nitrogens with zero attached hydrogens (tertiary/aromatic N) is 4. The van der Waals surface area contributed by atoms with Gasteiger partial charge in [-0.1, -0.05) is 35.9 Å². The first-order chi connectivity index (χ1) is 13.7. The van der Waals surface area contributed by atoms with Crippen molar-refractivity contribution in [2.75, 3.05) is 17.1 Å². The number of aryl methyl sites for hydroxylation is 1. The number of urea groups is 1. The molecule has 2 amide bonds. The van der Waals surface area contributed by atoms with Crippen molar-refractivity contribution in [1.29, 1.82) is 0 Å². The Morgan fingerprint density at radius 2 is 1.43 bits per heavy atom. The van der Waals surface area contributed by atoms with Crippen LogP contribution in [0, 0.1) is 6.92 Å². The highest BCUT2D eigenvalue weighted by atomic mass is 16.5. The molecule has 6 nitrogen and oxygen atoms in total. The van der Waals surface area contributed by atoms with Crippen LogP contribution in [-0.4, -0.2) is 19.0 Å². The van der Waals surface area contributed by atoms with Crippen molar-refractivity contribution in [1.82, 2.24) is 5.43 Å². The van der Waals surface area contributed by atoms with E-state index in [0.29, 0.717) is 17.2 Å². The van der Waals surface area contributed by atoms with E-state index in [1.165, 1.54) is 10.0 Å². The summed E-state index contributed by atoms with van der Waals surface area (Å²) in [5, 5.41) is 7.24. The van der Waals surface area contributed by atoms with Gasteiger partial charge in [0.25, 0.3) is 0 Å². The second-order valence-electron chi connectivity index (χ2n) is 6.33. The predicted molar refractivity (Wildman–Crippen MR) is 110 cm³/mol. The number of para-hydroxylation sites is 1. The molecule has 0 bridgehead atoms. The molecule has 0 saturated heterocycles. The summed E-state index contributed by atoms with van der Waals surface area (Å²) in [5.41, 5.74) is 7.76. The summed E-state index contributed by atoms with van der Waals surface area (Å²) in [6.45, 7) is 2.00. The van der Waals surface area contributed by atoms with Gasteiger partial charge in [0.2, 0.25) is 0 Å². The fourth-order valence-electron chi connectivity index (χ4n) is 2.83. The number of benzene rings is 3. The van der Waals surface area contributed by atoms with Gasteiger partial charge < -0.3 is 4.74 Å². The molecule has 6 heteroatoms. The molecule has 0 aliphatic carbocycles. The van der Waals surface area contributed by atoms with Crippen LogP contribution in [0.5, 0.6) is 5.75 Å². The molecule has 4 rings (SSSR count). The molecule has 1 aliphatic heterocycles. The van der Waals surface area contributed by atoms with E-state index in [1.807, 2.05) is 85.8 Å². The fourth-order valence-corrected chi connectivity index (χ4v) is 2.83. The molecule has 0 unspecified atom stereocenters. The number of hydrazone groups is 1. The average Bonchev–Trinajstić information content (AvgIpc) is 2.75. The van der Waals surface area contributed by atoms with Gasteiger partial charge in [-0.25, -0.2) is 4.79 Å². The van der Waals surface area contributed by atoms with E-state index in [4.69, 9.17) is 4.74 Å². The summed E-state index contributed by atoms with van der Waals surface area (Å²) in [6.07, 6.45) is 0. The Labute approximate surface area is 163 Å². The molecule has 1 radical (unpaired) electrons. The zero-order valence-corrected chi connectivity index (χ0v) is 15.6. The lowest BCUT2D eigenvalue weighted by Gasteiger charge is -2.31. The van der Waals surface area contributed by atoms with Crippen molar-refractivity contribution in [2.45, 2.75) is 6.92 Å². The molecular formula is C22H19N4O2. The number of anilines is 2. The number of amides is 2. The van der Waals surface area contributed by atoms with Gasteiger partial charge in [-0.3, -0.25) is 0 Å². The first kappa shape index (κ1) is 17.6. The molecule has 0 aromatic heterocycles. The Morgan fingerprint density at radius 1 is 0.786 bits per heavy atom. The highest BCUT2D eigenvalue weighted by molar-refractivity contribution is 6.12. The molecular weight excluding hydrogens is 352 g/mol. The van der Waals surface area contributed by atoms with Crippen molar-refractivity contribution >= 4 is 23.2 Å². The summed E-state index contributed by atoms with van der Waals surface area (Å²) in [5.74, 6) is 1.18. The quantitative estimate of drug-likeness (QED) is 0.685. The van der Waals surface area contributed by atoms with E-state index in [-0.39, 0.29) is 6.03 Å². The third kappa shape index (κ3) is 3.40. The molecule has 1 aliphatic rings. The van der Waals surface area contributed by atoms with Gasteiger partial charge in [0, 0.05) is 5.56 Å². The topological polar surface area (TPSA) is 59.2 Å². The highest BCUT2D eigenvalue weighted by Crippen LogP contribution is 2.25. The highest BCUT2D eigenvalue weighted by Gasteiger charge is 2.32. The summed E-state index contributed by atoms with van der Waals surface area (Å²) < 4.78 is 5.22. The van der Waals surface area contributed by atoms with Crippen molar-refractivity contribution in [3.05, 3.63) is 90.0 Å². The molecule has 28 heavy (non-hydrogen) atoms. The van der Waals surface area contributed by atoms with Gasteiger partial charge in [0.15, 0.2) is 5.84 Å². The van der Waals surface area contributed by atoms with E-state index in [1.54, 1.807) is 7.11 Å². The number of carbonyl (C=O) groups excluding carboxylic acids is 1. The SMILES string of the molecule is COc1ccc(C2=NN(c3ccccc3)C(=O)N(c3ccc(C)cc3)[N]2)cc1. The zero-order chi connectivity index (χ0) is 19.5. The summed E-state index contributed by atoms with van der Waals surface area (Å²) in [4.78, 5) is 13.1. The van der Waals surface area contributed by atoms with Crippen LogP contribution in [0.4, 0.5) is 16.2 Å². The van der Waals surface area contributed by atoms with Gasteiger partial charge in [-0.05, 0) is 55.5 Å². The lowest BCUT2D eigenvalue weighted by Crippen LogP contribution is -2.52. The predicted octanol–water partition coefficient (Wildman–Crippen LogP) is 4.33. The van der Waals surface area contributed by atoms with Gasteiger partial charge in [0.05, 0.1) is 18.5 Å². The van der Waals surface area contributed by atoms with Crippen molar-refractivity contribution in [3.8, 4) is 5.75 Å². The normalized spacial score (nSPS) is 13.8. The second kappa shape index (κ2) is 7.44. The Morgan fingerprint density at radius 3 is 2.07 bits per heavy atom. The lowest BCUT2D eigenvalue weighted by atomic mass is 10.2. The maximum absolute atomic E-state index is 13.1. The van der Waals surface area contributed by atoms with Crippen molar-refractivity contribution in [3.63, 3.8) is 0 Å². The molecule has 139 valence electrons. The maximum Gasteiger partial charge on any atom is 0.370 e. The second-order valence-corrected chi connectivity index (χ2v) is 6.33. The van der Waals surface area contributed by atoms with Crippen LogP contribution in [0.25, 0.3) is 0 Å². The summed E-state index contributed by atoms with van der Waals surface area (Å²) in [7, 11) is 1.62. The van der Waals surface area contributed by atoms with Crippen LogP contribution in [-0.2, 0) is 0 Å². The summed E-state index contributed by atoms with van der Waals surface area (Å²) in [6, 6.07) is 24.0. The molecule has 0 atom stereocenters. The first-order valence-corrected chi connectivity index (χ1v) is 8.86. The first-order valence-electron chi connectivity index (χ1n) is 8.86. The number of hydrogen-bond acceptors (Lipinski definition) is 3. The van der Waals surface area contributed by atoms with E-state index in [9.17, 15) is 4.79 Å². The molecule has 0 fully saturated rings. The lowest BCUT2D eigenvalue weighted by molar-refractivity contribution is 0.249. The Bertz CT molecular complexity index is 999. The van der Waals surface area contributed by atoms with Crippen LogP contribution < -0.4 is 20.2 Å². The van der Waals surface area contributed by atoms with Crippen LogP contribution >= 0.6 is 0 Å². The zero-order valence-electron chi connectivity index (χ0n) is 15.6. The number of carbonyl (C=O) groups is 1. The van der Waals surface area contributed by atoms with Crippen LogP contribution in [0.15, 0.2) is 84.0 Å². The minimum absolute atomic E-state index is 0.340. The fraction of sp³-hybridized carbons (Fsp3) is 0.0909. The number of methoxy groups -OCH3 is 1. The Hall–Kier alpha value is -3.80. The number of ether oxygens (including phenoxy) is 1. The monoisotopic (exact) mass is 371 g/mol. The Kier molecular flexibility index (Phi) is 4.68. The van der Waals surface area contributed by atoms with Crippen LogP contribution in [0.3, 0.4) is 0 Å². The van der Waals surface area contributed by atoms with Gasteiger partial charge >= 0.3 is 6.03 Å². The molecule has 0 spiro atoms. The third-order valence-electron chi connectivity index (χ3n) is 4.38. The number of rotatable bonds is 4. The molecule has 0 N–H and O–H groups in total. The largest absolute Gasteiger partial charge is 0.497 e. The van der Waals surface area contributed by atoms with E-state index in [2.05, 4.69) is 10.5 Å². The smallest absolute Gasteiger partial charge is 0.370 e. The van der Waals surface area contributed by atoms with Crippen molar-refractivity contribution < 1.29 is 9.53 Å². The van der Waals surface area contributed by atoms with E-state index in [0.717, 1.165) is 16.9 Å². The molecule has 3 aromatic rings. The standard InChI is InChI=1S/C22H19N4O2/c1-16-8-12-19(13-9-16)26-22(27)25(18-6-4-3-5-7-18)23-21(24-26)17-10-14-20(28-2)15-11-17/h3-15H,1-2H3. The Balaban J connectivity index is 1.77. The minimum Gasteiger partial charge on any atom is -0.497 e. The third-order valence-corrected chi connectivity index (χ3v) is 4.38. The summed E-state index contributed by atoms with van der Waals surface area (Å²) >= 11 is 0. The maximum atomic E-state index is 13.1. The van der Waals surface area contributed by atoms with Gasteiger partial charge in [-0.2, -0.15) is 10.0 Å². The van der Waals surface area contributed by atoms with E-state index >= 15 is 0 Å². The van der Waals surface area contributed by atoms with E-state index < -0.39 is 0 Å². The molecule has 1 heterocycles. The number of hydrogen-bond donors (Lipinski definition) is 0. The van der Waals surface area contributed by atoms with Crippen LogP contribution in [0.1, 0.15) is 11.1 Å². The van der Waals surface area contributed by atoms with Gasteiger partial charge in [-0.15, -0.1) is 10.5 Å². The average molecular weight is 371 g/mol. The minimum atomic E-state index is -0.340. The van der Waals surface area contributed by atoms with Gasteiger partial charge in [0.1, 0.15) is 5.75 Å². The van der Waals surface area contributed by atoms with Crippen molar-refractivity contribution in [2.24, 2.45) is 5.10 Å². The molecule has 0 saturated carbocycles. The number of amidine groups is 1. The molecule has 3 aromatic carbocycles.